The number of carbonyl (C=O) groups is 4. The number of hydrazine groups is 1. The molecule has 346 valence electrons. The van der Waals surface area contributed by atoms with Gasteiger partial charge in [0.05, 0.1) is 35.6 Å². The van der Waals surface area contributed by atoms with Crippen molar-refractivity contribution in [1.82, 2.24) is 49.5 Å². The first-order chi connectivity index (χ1) is 31.8. The molecule has 2 aliphatic rings. The third kappa shape index (κ3) is 9.25. The zero-order valence-corrected chi connectivity index (χ0v) is 37.3. The van der Waals surface area contributed by atoms with Crippen molar-refractivity contribution in [2.24, 2.45) is 28.3 Å². The lowest BCUT2D eigenvalue weighted by Gasteiger charge is -2.28. The second-order valence-corrected chi connectivity index (χ2v) is 16.2. The first-order valence-electron chi connectivity index (χ1n) is 22.0. The minimum atomic E-state index is -0.675. The first kappa shape index (κ1) is 44.8. The lowest BCUT2D eigenvalue weighted by molar-refractivity contribution is 0.0923. The van der Waals surface area contributed by atoms with E-state index in [9.17, 15) is 19.2 Å². The fourth-order valence-electron chi connectivity index (χ4n) is 8.52. The maximum Gasteiger partial charge on any atom is 0.276 e. The summed E-state index contributed by atoms with van der Waals surface area (Å²) < 4.78 is 19.6. The molecule has 1 saturated carbocycles. The van der Waals surface area contributed by atoms with Crippen LogP contribution < -0.4 is 48.3 Å². The molecule has 0 spiro atoms. The molecule has 0 radical (unpaired) electrons. The molecule has 5 heterocycles. The number of aromatic nitrogens is 8. The highest BCUT2D eigenvalue weighted by atomic mass is 16.5. The molecule has 1 aliphatic heterocycles. The molecule has 4 amide bonds. The van der Waals surface area contributed by atoms with Crippen molar-refractivity contribution in [3.63, 3.8) is 0 Å². The highest BCUT2D eigenvalue weighted by molar-refractivity contribution is 6.05. The van der Waals surface area contributed by atoms with Crippen LogP contribution in [0.1, 0.15) is 99.0 Å². The number of anilines is 2. The normalized spacial score (nSPS) is 17.3. The second-order valence-electron chi connectivity index (χ2n) is 16.2. The predicted molar refractivity (Wildman–Crippen MR) is 246 cm³/mol. The third-order valence-corrected chi connectivity index (χ3v) is 11.7. The number of hydrazone groups is 1. The molecule has 0 saturated heterocycles. The van der Waals surface area contributed by atoms with Crippen molar-refractivity contribution in [3.8, 4) is 11.5 Å². The van der Waals surface area contributed by atoms with Crippen LogP contribution in [0.3, 0.4) is 0 Å². The summed E-state index contributed by atoms with van der Waals surface area (Å²) in [6, 6.07) is 9.79. The highest BCUT2D eigenvalue weighted by Gasteiger charge is 2.28. The van der Waals surface area contributed by atoms with Crippen LogP contribution in [0.25, 0.3) is 22.1 Å². The summed E-state index contributed by atoms with van der Waals surface area (Å²) in [5.41, 5.74) is 18.5. The molecule has 4 aromatic heterocycles. The van der Waals surface area contributed by atoms with Crippen molar-refractivity contribution in [3.05, 3.63) is 82.5 Å². The Morgan fingerprint density at radius 3 is 1.70 bits per heavy atom. The molecular weight excluding hydrogens is 849 g/mol. The fraction of sp³-hybridized carbons (Fsp3) is 0.386. The van der Waals surface area contributed by atoms with Crippen LogP contribution in [-0.4, -0.2) is 87.4 Å². The number of amidine groups is 1. The number of nitrogens with one attached hydrogen (secondary N) is 4. The monoisotopic (exact) mass is 902 g/mol. The summed E-state index contributed by atoms with van der Waals surface area (Å²) in [7, 11) is 0. The minimum absolute atomic E-state index is 0.0554. The second kappa shape index (κ2) is 19.2. The van der Waals surface area contributed by atoms with Crippen LogP contribution >= 0.6 is 0 Å². The molecule has 22 nitrogen and oxygen atoms in total. The number of hydrogen-bond donors (Lipinski definition) is 7. The predicted octanol–water partition coefficient (Wildman–Crippen LogP) is 3.48. The number of aryl methyl sites for hydroxylation is 4. The SMILES string of the molecule is CCn1nc(C)cc1C(=O)Nc1nc2cc(C(N)=O)cc3c2n1C/C=C/Cn1c(NC(=O)c2cc(C)nn2CC)nc2cc(C(=O)NC4CCC(/C(N)=N/NN)CC4)cc(c21)OCCCO3. The van der Waals surface area contributed by atoms with Gasteiger partial charge in [0.1, 0.15) is 39.8 Å². The van der Waals surface area contributed by atoms with Crippen LogP contribution in [0.15, 0.2) is 53.7 Å². The van der Waals surface area contributed by atoms with Crippen molar-refractivity contribution in [2.45, 2.75) is 92.0 Å². The Hall–Kier alpha value is -7.75. The highest BCUT2D eigenvalue weighted by Crippen LogP contribution is 2.34. The Bertz CT molecular complexity index is 2900. The number of benzene rings is 2. The lowest BCUT2D eigenvalue weighted by atomic mass is 9.85. The van der Waals surface area contributed by atoms with E-state index < -0.39 is 17.7 Å². The zero-order valence-electron chi connectivity index (χ0n) is 37.3. The van der Waals surface area contributed by atoms with E-state index in [0.717, 1.165) is 12.8 Å². The van der Waals surface area contributed by atoms with E-state index in [2.05, 4.69) is 36.8 Å². The number of rotatable bonds is 11. The average Bonchev–Trinajstić information content (AvgIpc) is 4.06. The number of ether oxygens (including phenoxy) is 2. The van der Waals surface area contributed by atoms with Gasteiger partial charge in [-0.3, -0.25) is 39.2 Å². The lowest BCUT2D eigenvalue weighted by Crippen LogP contribution is -2.40. The average molecular weight is 903 g/mol. The summed E-state index contributed by atoms with van der Waals surface area (Å²) >= 11 is 0. The van der Waals surface area contributed by atoms with Crippen LogP contribution in [-0.2, 0) is 26.2 Å². The van der Waals surface area contributed by atoms with Crippen molar-refractivity contribution in [2.75, 3.05) is 23.8 Å². The molecule has 0 atom stereocenters. The number of nitrogens with two attached hydrogens (primary N) is 3. The van der Waals surface area contributed by atoms with Gasteiger partial charge in [-0.05, 0) is 89.8 Å². The fourth-order valence-corrected chi connectivity index (χ4v) is 8.52. The van der Waals surface area contributed by atoms with Gasteiger partial charge in [0.25, 0.3) is 17.7 Å². The molecular formula is C44H54N16O6. The maximum atomic E-state index is 14.0. The van der Waals surface area contributed by atoms with E-state index in [1.54, 1.807) is 50.3 Å². The van der Waals surface area contributed by atoms with E-state index in [1.807, 2.05) is 44.4 Å². The van der Waals surface area contributed by atoms with E-state index >= 15 is 0 Å². The van der Waals surface area contributed by atoms with Gasteiger partial charge < -0.3 is 35.4 Å². The van der Waals surface area contributed by atoms with E-state index in [-0.39, 0.29) is 61.6 Å². The summed E-state index contributed by atoms with van der Waals surface area (Å²) in [4.78, 5) is 63.8. The Morgan fingerprint density at radius 2 is 1.21 bits per heavy atom. The van der Waals surface area contributed by atoms with Gasteiger partial charge in [-0.15, -0.1) is 0 Å². The van der Waals surface area contributed by atoms with Crippen LogP contribution in [0.5, 0.6) is 11.5 Å². The molecule has 2 aromatic carbocycles. The number of allylic oxidation sites excluding steroid dienone is 2. The molecule has 6 aromatic rings. The molecule has 1 fully saturated rings. The largest absolute Gasteiger partial charge is 0.491 e. The summed E-state index contributed by atoms with van der Waals surface area (Å²) in [6.45, 7) is 9.04. The van der Waals surface area contributed by atoms with Crippen LogP contribution in [0.4, 0.5) is 11.9 Å². The molecule has 10 N–H and O–H groups in total. The zero-order chi connectivity index (χ0) is 46.6. The van der Waals surface area contributed by atoms with Gasteiger partial charge in [0.15, 0.2) is 0 Å². The topological polar surface area (TPSA) is 297 Å². The van der Waals surface area contributed by atoms with Gasteiger partial charge in [-0.25, -0.2) is 21.3 Å². The number of imidazole rings is 2. The molecule has 8 rings (SSSR count). The summed E-state index contributed by atoms with van der Waals surface area (Å²) in [5, 5.41) is 21.9. The molecule has 0 bridgehead atoms. The Kier molecular flexibility index (Phi) is 13.0. The number of nitrogens with zero attached hydrogens (tertiary/aromatic N) is 9. The quantitative estimate of drug-likeness (QED) is 0.0323. The van der Waals surface area contributed by atoms with E-state index in [4.69, 9.17) is 36.8 Å². The summed E-state index contributed by atoms with van der Waals surface area (Å²) in [6.07, 6.45) is 6.97. The smallest absolute Gasteiger partial charge is 0.276 e. The molecule has 66 heavy (non-hydrogen) atoms. The van der Waals surface area contributed by atoms with Crippen molar-refractivity contribution in [1.29, 1.82) is 0 Å². The van der Waals surface area contributed by atoms with Gasteiger partial charge in [-0.2, -0.15) is 15.3 Å². The van der Waals surface area contributed by atoms with Gasteiger partial charge >= 0.3 is 0 Å². The number of carbonyl (C=O) groups excluding carboxylic acids is 4. The first-order valence-corrected chi connectivity index (χ1v) is 22.0. The van der Waals surface area contributed by atoms with Crippen molar-refractivity contribution >= 4 is 63.4 Å². The van der Waals surface area contributed by atoms with Gasteiger partial charge in [0.2, 0.25) is 17.8 Å². The molecule has 0 unspecified atom stereocenters. The van der Waals surface area contributed by atoms with Crippen molar-refractivity contribution < 1.29 is 28.7 Å². The molecule has 1 aliphatic carbocycles. The number of primary amides is 1. The Balaban J connectivity index is 1.17. The summed E-state index contributed by atoms with van der Waals surface area (Å²) in [5.74, 6) is 5.10. The maximum absolute atomic E-state index is 14.0. The van der Waals surface area contributed by atoms with Gasteiger partial charge in [-0.1, -0.05) is 12.2 Å². The van der Waals surface area contributed by atoms with E-state index in [1.165, 1.54) is 0 Å². The number of hydrogen-bond acceptors (Lipinski definition) is 13. The molecule has 22 heteroatoms. The standard InChI is InChI=1S/C44H54N16O6/c1-5-59-32(18-24(3)54-59)41(63)51-43-49-30-20-27(39(46)61)22-34-36(30)57(43)14-7-8-15-58-37-31(50-44(58)52-42(64)33-19-25(4)55-60(33)6-2)21-28(23-35(37)66-17-9-16-65-34)40(62)48-29-12-10-26(11-13-29)38(45)53-56-47/h7-8,18-23,26,29,56H,5-6,9-17,47H2,1-4H3,(H2,45,53)(H2,46,61)(H,48,62)(H,49,51,63)(H,50,52,64)/b8-7+. The minimum Gasteiger partial charge on any atom is -0.491 e. The Labute approximate surface area is 378 Å². The van der Waals surface area contributed by atoms with E-state index in [0.29, 0.717) is 100 Å². The Morgan fingerprint density at radius 1 is 0.712 bits per heavy atom. The van der Waals surface area contributed by atoms with Crippen LogP contribution in [0, 0.1) is 19.8 Å². The number of amides is 4. The van der Waals surface area contributed by atoms with Gasteiger partial charge in [0, 0.05) is 55.7 Å². The third-order valence-electron chi connectivity index (χ3n) is 11.7. The van der Waals surface area contributed by atoms with Crippen LogP contribution in [0.2, 0.25) is 0 Å².